The van der Waals surface area contributed by atoms with Gasteiger partial charge in [-0.25, -0.2) is 0 Å². The average Bonchev–Trinajstić information content (AvgIpc) is 2.47. The fraction of sp³-hybridized carbons (Fsp3) is 0.467. The van der Waals surface area contributed by atoms with Gasteiger partial charge in [0.1, 0.15) is 5.75 Å². The fourth-order valence-corrected chi connectivity index (χ4v) is 2.46. The van der Waals surface area contributed by atoms with Gasteiger partial charge in [0.15, 0.2) is 0 Å². The Hall–Kier alpha value is -1.79. The highest BCUT2D eigenvalue weighted by Gasteiger charge is 2.25. The summed E-state index contributed by atoms with van der Waals surface area (Å²) in [6.07, 6.45) is 0. The Bertz CT molecular complexity index is 569. The minimum Gasteiger partial charge on any atom is -0.507 e. The van der Waals surface area contributed by atoms with Gasteiger partial charge in [0.25, 0.3) is 5.91 Å². The molecule has 1 aromatic rings. The van der Waals surface area contributed by atoms with Crippen molar-refractivity contribution in [2.24, 2.45) is 0 Å². The largest absolute Gasteiger partial charge is 0.507 e. The molecular weight excluding hydrogens is 306 g/mol. The van der Waals surface area contributed by atoms with Crippen molar-refractivity contribution in [1.82, 2.24) is 14.7 Å². The van der Waals surface area contributed by atoms with Gasteiger partial charge in [0, 0.05) is 45.3 Å². The second-order valence-corrected chi connectivity index (χ2v) is 5.95. The summed E-state index contributed by atoms with van der Waals surface area (Å²) in [6, 6.07) is 4.48. The second-order valence-electron chi connectivity index (χ2n) is 5.52. The quantitative estimate of drug-likeness (QED) is 0.896. The molecule has 0 aromatic heterocycles. The molecule has 0 radical (unpaired) electrons. The number of carbonyl (C=O) groups is 2. The molecule has 0 spiro atoms. The van der Waals surface area contributed by atoms with E-state index in [1.807, 2.05) is 4.90 Å². The minimum absolute atomic E-state index is 0.0510. The average molecular weight is 326 g/mol. The van der Waals surface area contributed by atoms with Crippen molar-refractivity contribution < 1.29 is 14.7 Å². The highest BCUT2D eigenvalue weighted by atomic mass is 35.5. The summed E-state index contributed by atoms with van der Waals surface area (Å²) < 4.78 is 0. The van der Waals surface area contributed by atoms with E-state index in [0.717, 1.165) is 0 Å². The number of carbonyl (C=O) groups excluding carboxylic acids is 2. The molecule has 1 N–H and O–H groups in total. The van der Waals surface area contributed by atoms with Crippen molar-refractivity contribution in [3.63, 3.8) is 0 Å². The number of phenolic OH excluding ortho intramolecular Hbond substituents is 1. The van der Waals surface area contributed by atoms with Crippen LogP contribution in [0.1, 0.15) is 10.4 Å². The molecule has 0 saturated carbocycles. The zero-order chi connectivity index (χ0) is 16.3. The molecule has 1 heterocycles. The fourth-order valence-electron chi connectivity index (χ4n) is 2.30. The summed E-state index contributed by atoms with van der Waals surface area (Å²) in [7, 11) is 3.46. The van der Waals surface area contributed by atoms with E-state index in [9.17, 15) is 14.7 Å². The van der Waals surface area contributed by atoms with E-state index in [1.165, 1.54) is 12.1 Å². The summed E-state index contributed by atoms with van der Waals surface area (Å²) in [6.45, 7) is 2.70. The third-order valence-corrected chi connectivity index (χ3v) is 3.94. The maximum absolute atomic E-state index is 12.4. The maximum Gasteiger partial charge on any atom is 0.257 e. The highest BCUT2D eigenvalue weighted by Crippen LogP contribution is 2.23. The normalized spacial score (nSPS) is 15.7. The molecular formula is C15H20ClN3O3. The molecule has 0 aliphatic carbocycles. The number of nitrogens with zero attached hydrogens (tertiary/aromatic N) is 3. The van der Waals surface area contributed by atoms with Gasteiger partial charge in [0.2, 0.25) is 5.91 Å². The summed E-state index contributed by atoms with van der Waals surface area (Å²) in [4.78, 5) is 29.3. The monoisotopic (exact) mass is 325 g/mol. The number of phenols is 1. The van der Waals surface area contributed by atoms with Crippen LogP contribution in [0.15, 0.2) is 18.2 Å². The van der Waals surface area contributed by atoms with Crippen molar-refractivity contribution in [3.05, 3.63) is 28.8 Å². The molecule has 1 aliphatic heterocycles. The molecule has 120 valence electrons. The lowest BCUT2D eigenvalue weighted by atomic mass is 10.1. The lowest BCUT2D eigenvalue weighted by Crippen LogP contribution is -2.51. The van der Waals surface area contributed by atoms with E-state index in [2.05, 4.69) is 0 Å². The molecule has 1 saturated heterocycles. The highest BCUT2D eigenvalue weighted by molar-refractivity contribution is 6.30. The first-order chi connectivity index (χ1) is 10.4. The van der Waals surface area contributed by atoms with Crippen LogP contribution < -0.4 is 0 Å². The zero-order valence-corrected chi connectivity index (χ0v) is 13.5. The number of hydrogen-bond acceptors (Lipinski definition) is 4. The molecule has 1 fully saturated rings. The molecule has 22 heavy (non-hydrogen) atoms. The number of halogens is 1. The SMILES string of the molecule is CN(C)C(=O)CN1CCN(C(=O)c2ccc(Cl)cc2O)CC1. The van der Waals surface area contributed by atoms with Crippen LogP contribution >= 0.6 is 11.6 Å². The van der Waals surface area contributed by atoms with Gasteiger partial charge in [-0.2, -0.15) is 0 Å². The topological polar surface area (TPSA) is 64.1 Å². The number of hydrogen-bond donors (Lipinski definition) is 1. The molecule has 7 heteroatoms. The lowest BCUT2D eigenvalue weighted by molar-refractivity contribution is -0.130. The lowest BCUT2D eigenvalue weighted by Gasteiger charge is -2.34. The molecule has 1 aliphatic rings. The van der Waals surface area contributed by atoms with E-state index in [4.69, 9.17) is 11.6 Å². The van der Waals surface area contributed by atoms with Gasteiger partial charge >= 0.3 is 0 Å². The summed E-state index contributed by atoms with van der Waals surface area (Å²) in [5.74, 6) is -0.273. The summed E-state index contributed by atoms with van der Waals surface area (Å²) >= 11 is 5.77. The van der Waals surface area contributed by atoms with Crippen LogP contribution in [-0.2, 0) is 4.79 Å². The van der Waals surface area contributed by atoms with Crippen LogP contribution in [0.5, 0.6) is 5.75 Å². The number of likely N-dealkylation sites (N-methyl/N-ethyl adjacent to an activating group) is 1. The molecule has 6 nitrogen and oxygen atoms in total. The van der Waals surface area contributed by atoms with Crippen LogP contribution in [0.2, 0.25) is 5.02 Å². The summed E-state index contributed by atoms with van der Waals surface area (Å²) in [5, 5.41) is 10.2. The predicted octanol–water partition coefficient (Wildman–Crippen LogP) is 0.892. The van der Waals surface area contributed by atoms with E-state index < -0.39 is 0 Å². The number of benzene rings is 1. The number of piperazine rings is 1. The van der Waals surface area contributed by atoms with Crippen molar-refractivity contribution >= 4 is 23.4 Å². The maximum atomic E-state index is 12.4. The second kappa shape index (κ2) is 6.98. The van der Waals surface area contributed by atoms with Gasteiger partial charge in [0.05, 0.1) is 12.1 Å². The van der Waals surface area contributed by atoms with Crippen LogP contribution in [0.25, 0.3) is 0 Å². The Balaban J connectivity index is 1.94. The third kappa shape index (κ3) is 3.90. The first-order valence-corrected chi connectivity index (χ1v) is 7.46. The van der Waals surface area contributed by atoms with Crippen molar-refractivity contribution in [3.8, 4) is 5.75 Å². The van der Waals surface area contributed by atoms with Crippen LogP contribution in [0, 0.1) is 0 Å². The standard InChI is InChI=1S/C15H20ClN3O3/c1-17(2)14(21)10-18-5-7-19(8-6-18)15(22)12-4-3-11(16)9-13(12)20/h3-4,9,20H,5-8,10H2,1-2H3. The molecule has 0 unspecified atom stereocenters. The van der Waals surface area contributed by atoms with E-state index >= 15 is 0 Å². The Kier molecular flexibility index (Phi) is 5.26. The Labute approximate surface area is 134 Å². The van der Waals surface area contributed by atoms with Crippen LogP contribution in [0.4, 0.5) is 0 Å². The third-order valence-electron chi connectivity index (χ3n) is 3.71. The van der Waals surface area contributed by atoms with E-state index in [-0.39, 0.29) is 23.1 Å². The Morgan fingerprint density at radius 3 is 2.41 bits per heavy atom. The van der Waals surface area contributed by atoms with Gasteiger partial charge in [-0.15, -0.1) is 0 Å². The number of aromatic hydroxyl groups is 1. The first-order valence-electron chi connectivity index (χ1n) is 7.09. The molecule has 2 rings (SSSR count). The first kappa shape index (κ1) is 16.6. The van der Waals surface area contributed by atoms with Gasteiger partial charge in [-0.05, 0) is 18.2 Å². The molecule has 0 bridgehead atoms. The van der Waals surface area contributed by atoms with Crippen molar-refractivity contribution in [2.45, 2.75) is 0 Å². The predicted molar refractivity (Wildman–Crippen MR) is 84.2 cm³/mol. The summed E-state index contributed by atoms with van der Waals surface area (Å²) in [5.41, 5.74) is 0.252. The Morgan fingerprint density at radius 2 is 1.86 bits per heavy atom. The number of rotatable bonds is 3. The van der Waals surface area contributed by atoms with Gasteiger partial charge in [-0.3, -0.25) is 14.5 Å². The van der Waals surface area contributed by atoms with E-state index in [0.29, 0.717) is 37.7 Å². The van der Waals surface area contributed by atoms with Crippen molar-refractivity contribution in [2.75, 3.05) is 46.8 Å². The van der Waals surface area contributed by atoms with Crippen molar-refractivity contribution in [1.29, 1.82) is 0 Å². The number of amides is 2. The minimum atomic E-state index is -0.215. The Morgan fingerprint density at radius 1 is 1.23 bits per heavy atom. The van der Waals surface area contributed by atoms with Crippen LogP contribution in [-0.4, -0.2) is 78.4 Å². The van der Waals surface area contributed by atoms with Gasteiger partial charge < -0.3 is 14.9 Å². The smallest absolute Gasteiger partial charge is 0.257 e. The molecule has 0 atom stereocenters. The zero-order valence-electron chi connectivity index (χ0n) is 12.8. The van der Waals surface area contributed by atoms with Crippen LogP contribution in [0.3, 0.4) is 0 Å². The van der Waals surface area contributed by atoms with E-state index in [1.54, 1.807) is 30.0 Å². The van der Waals surface area contributed by atoms with Gasteiger partial charge in [-0.1, -0.05) is 11.6 Å². The molecule has 2 amide bonds. The molecule has 1 aromatic carbocycles.